The van der Waals surface area contributed by atoms with E-state index in [2.05, 4.69) is 25.9 Å². The second-order valence-corrected chi connectivity index (χ2v) is 14.3. The third-order valence-corrected chi connectivity index (χ3v) is 10.8. The minimum atomic E-state index is -4.16. The molecule has 0 spiro atoms. The third kappa shape index (κ3) is 5.36. The van der Waals surface area contributed by atoms with Gasteiger partial charge in [0.2, 0.25) is 15.9 Å². The molecule has 3 fully saturated rings. The molecule has 0 radical (unpaired) electrons. The van der Waals surface area contributed by atoms with Crippen LogP contribution in [-0.4, -0.2) is 83.6 Å². The van der Waals surface area contributed by atoms with Crippen molar-refractivity contribution in [2.75, 3.05) is 31.7 Å². The summed E-state index contributed by atoms with van der Waals surface area (Å²) in [7, 11) is -2.63. The average molecular weight is 635 g/mol. The Morgan fingerprint density at radius 1 is 1.23 bits per heavy atom. The zero-order valence-electron chi connectivity index (χ0n) is 24.0. The molecule has 230 valence electrons. The molecule has 2 saturated heterocycles. The van der Waals surface area contributed by atoms with E-state index in [1.165, 1.54) is 13.2 Å². The van der Waals surface area contributed by atoms with E-state index in [4.69, 9.17) is 9.84 Å². The number of hydrogen-bond donors (Lipinski definition) is 1. The van der Waals surface area contributed by atoms with Crippen LogP contribution in [0.4, 0.5) is 14.5 Å². The summed E-state index contributed by atoms with van der Waals surface area (Å²) in [5.41, 5.74) is 0.229. The van der Waals surface area contributed by atoms with Crippen molar-refractivity contribution >= 4 is 43.9 Å². The monoisotopic (exact) mass is 634 g/mol. The predicted octanol–water partition coefficient (Wildman–Crippen LogP) is 3.31. The van der Waals surface area contributed by atoms with Crippen LogP contribution in [0.3, 0.4) is 0 Å². The van der Waals surface area contributed by atoms with E-state index in [1.54, 1.807) is 10.7 Å². The second kappa shape index (κ2) is 11.0. The predicted molar refractivity (Wildman–Crippen MR) is 154 cm³/mol. The molecule has 12 nitrogen and oxygen atoms in total. The van der Waals surface area contributed by atoms with E-state index in [1.807, 2.05) is 18.7 Å². The number of alkyl halides is 2. The van der Waals surface area contributed by atoms with Gasteiger partial charge in [0.1, 0.15) is 16.7 Å². The SMILES string of the molecule is COCCn1nc2c(N3CC4CCC(C3)N4C(=O)C(C)C)cc(S(=O)(=O)NC3(C#N)CC3)cc2c1-c1nnc(C(F)F)s1. The van der Waals surface area contributed by atoms with Gasteiger partial charge in [0.05, 0.1) is 29.8 Å². The van der Waals surface area contributed by atoms with Gasteiger partial charge in [-0.15, -0.1) is 10.2 Å². The number of sulfonamides is 1. The van der Waals surface area contributed by atoms with Gasteiger partial charge in [0, 0.05) is 43.6 Å². The van der Waals surface area contributed by atoms with Crippen molar-refractivity contribution < 1.29 is 26.7 Å². The first-order valence-corrected chi connectivity index (χ1v) is 16.4. The maximum atomic E-state index is 13.7. The zero-order chi connectivity index (χ0) is 30.7. The number of anilines is 1. The smallest absolute Gasteiger partial charge is 0.291 e. The fourth-order valence-corrected chi connectivity index (χ4v) is 8.19. The van der Waals surface area contributed by atoms with E-state index in [-0.39, 0.29) is 47.0 Å². The minimum absolute atomic E-state index is 0.0396. The van der Waals surface area contributed by atoms with Crippen molar-refractivity contribution in [1.82, 2.24) is 29.6 Å². The summed E-state index contributed by atoms with van der Waals surface area (Å²) >= 11 is 0.717. The molecule has 2 unspecified atom stereocenters. The van der Waals surface area contributed by atoms with Gasteiger partial charge in [0.15, 0.2) is 10.0 Å². The summed E-state index contributed by atoms with van der Waals surface area (Å²) in [5, 5.41) is 22.2. The number of carbonyl (C=O) groups is 1. The quantitative estimate of drug-likeness (QED) is 0.355. The highest BCUT2D eigenvalue weighted by Crippen LogP contribution is 2.42. The van der Waals surface area contributed by atoms with Crippen LogP contribution in [-0.2, 0) is 26.1 Å². The standard InChI is InChI=1S/C27H32F2N8O4S2/c1-15(2)26(38)37-16-4-5-17(37)13-35(12-16)20-11-18(43(39,40)34-27(14-30)6-7-27)10-19-21(20)33-36(8-9-41-3)22(19)24-31-32-25(42-24)23(28)29/h10-11,15-17,23,34H,4-9,12-13H2,1-3H3. The number of methoxy groups -OCH3 is 1. The van der Waals surface area contributed by atoms with Crippen LogP contribution in [0.25, 0.3) is 21.6 Å². The molecule has 2 aromatic heterocycles. The molecule has 2 aliphatic heterocycles. The molecule has 3 aliphatic rings. The van der Waals surface area contributed by atoms with Gasteiger partial charge in [-0.05, 0) is 37.8 Å². The first-order valence-electron chi connectivity index (χ1n) is 14.1. The van der Waals surface area contributed by atoms with Gasteiger partial charge >= 0.3 is 0 Å². The van der Waals surface area contributed by atoms with E-state index >= 15 is 0 Å². The number of fused-ring (bicyclic) bond motifs is 3. The van der Waals surface area contributed by atoms with E-state index in [0.29, 0.717) is 59.6 Å². The molecule has 16 heteroatoms. The maximum Gasteiger partial charge on any atom is 0.291 e. The summed E-state index contributed by atoms with van der Waals surface area (Å²) in [6.07, 6.45) is -0.323. The molecule has 1 aromatic carbocycles. The fraction of sp³-hybridized carbons (Fsp3) is 0.593. The number of ether oxygens (including phenoxy) is 1. The molecule has 1 amide bonds. The van der Waals surface area contributed by atoms with Gasteiger partial charge in [-0.1, -0.05) is 25.2 Å². The molecular weight excluding hydrogens is 602 g/mol. The number of nitrogens with one attached hydrogen (secondary N) is 1. The highest BCUT2D eigenvalue weighted by atomic mass is 32.2. The number of hydrogen-bond acceptors (Lipinski definition) is 10. The normalized spacial score (nSPS) is 21.3. The Labute approximate surface area is 251 Å². The van der Waals surface area contributed by atoms with E-state index in [9.17, 15) is 27.3 Å². The van der Waals surface area contributed by atoms with Crippen LogP contribution in [0.5, 0.6) is 0 Å². The van der Waals surface area contributed by atoms with Gasteiger partial charge in [-0.2, -0.15) is 15.1 Å². The Morgan fingerprint density at radius 3 is 2.49 bits per heavy atom. The van der Waals surface area contributed by atoms with Gasteiger partial charge < -0.3 is 14.5 Å². The fourth-order valence-electron chi connectivity index (χ4n) is 6.00. The number of halogens is 2. The van der Waals surface area contributed by atoms with Crippen molar-refractivity contribution in [3.8, 4) is 16.8 Å². The van der Waals surface area contributed by atoms with Crippen molar-refractivity contribution in [2.24, 2.45) is 5.92 Å². The molecule has 2 atom stereocenters. The lowest BCUT2D eigenvalue weighted by Gasteiger charge is -2.43. The zero-order valence-corrected chi connectivity index (χ0v) is 25.6. The lowest BCUT2D eigenvalue weighted by molar-refractivity contribution is -0.137. The van der Waals surface area contributed by atoms with E-state index in [0.717, 1.165) is 12.8 Å². The van der Waals surface area contributed by atoms with Crippen LogP contribution in [0.1, 0.15) is 51.0 Å². The Hall–Kier alpha value is -3.26. The number of nitriles is 1. The lowest BCUT2D eigenvalue weighted by atomic mass is 10.1. The number of aromatic nitrogens is 4. The highest BCUT2D eigenvalue weighted by molar-refractivity contribution is 7.89. The molecule has 1 saturated carbocycles. The summed E-state index contributed by atoms with van der Waals surface area (Å²) in [4.78, 5) is 17.0. The van der Waals surface area contributed by atoms with Gasteiger partial charge in [-0.3, -0.25) is 9.48 Å². The molecule has 1 aliphatic carbocycles. The van der Waals surface area contributed by atoms with Crippen molar-refractivity contribution in [1.29, 1.82) is 5.26 Å². The van der Waals surface area contributed by atoms with Crippen LogP contribution in [0, 0.1) is 17.2 Å². The molecule has 3 aromatic rings. The van der Waals surface area contributed by atoms with Crippen LogP contribution < -0.4 is 9.62 Å². The topological polar surface area (TPSA) is 146 Å². The Balaban J connectivity index is 1.51. The van der Waals surface area contributed by atoms with Crippen molar-refractivity contribution in [2.45, 2.75) is 75.0 Å². The molecule has 1 N–H and O–H groups in total. The number of amides is 1. The Bertz CT molecular complexity index is 1700. The molecule has 4 heterocycles. The molecule has 43 heavy (non-hydrogen) atoms. The lowest BCUT2D eigenvalue weighted by Crippen LogP contribution is -2.56. The average Bonchev–Trinajstić information content (AvgIpc) is 3.26. The number of benzene rings is 1. The summed E-state index contributed by atoms with van der Waals surface area (Å²) < 4.78 is 63.8. The van der Waals surface area contributed by atoms with E-state index < -0.39 is 27.0 Å². The number of carbonyl (C=O) groups excluding carboxylic acids is 1. The number of nitrogens with zero attached hydrogens (tertiary/aromatic N) is 7. The highest BCUT2D eigenvalue weighted by Gasteiger charge is 2.47. The maximum absolute atomic E-state index is 13.7. The molecular formula is C27H32F2N8O4S2. The Morgan fingerprint density at radius 2 is 1.93 bits per heavy atom. The minimum Gasteiger partial charge on any atom is -0.383 e. The van der Waals surface area contributed by atoms with Gasteiger partial charge in [-0.25, -0.2) is 17.2 Å². The second-order valence-electron chi connectivity index (χ2n) is 11.6. The van der Waals surface area contributed by atoms with Gasteiger partial charge in [0.25, 0.3) is 6.43 Å². The van der Waals surface area contributed by atoms with Crippen molar-refractivity contribution in [3.63, 3.8) is 0 Å². The van der Waals surface area contributed by atoms with Crippen LogP contribution in [0.2, 0.25) is 0 Å². The van der Waals surface area contributed by atoms with Crippen LogP contribution >= 0.6 is 11.3 Å². The third-order valence-electron chi connectivity index (χ3n) is 8.31. The Kier molecular flexibility index (Phi) is 7.64. The van der Waals surface area contributed by atoms with Crippen LogP contribution in [0.15, 0.2) is 17.0 Å². The summed E-state index contributed by atoms with van der Waals surface area (Å²) in [6.45, 7) is 5.25. The largest absolute Gasteiger partial charge is 0.383 e. The number of piperazine rings is 1. The number of rotatable bonds is 10. The first kappa shape index (κ1) is 29.8. The first-order chi connectivity index (χ1) is 20.5. The summed E-state index contributed by atoms with van der Waals surface area (Å²) in [6, 6.07) is 4.99. The molecule has 6 rings (SSSR count). The summed E-state index contributed by atoms with van der Waals surface area (Å²) in [5.74, 6) is -0.0406. The van der Waals surface area contributed by atoms with Crippen molar-refractivity contribution in [3.05, 3.63) is 17.1 Å². The molecule has 2 bridgehead atoms.